The first-order valence-electron chi connectivity index (χ1n) is 16.5. The highest BCUT2D eigenvalue weighted by atomic mass is 35.5. The van der Waals surface area contributed by atoms with Crippen LogP contribution in [0.4, 0.5) is 10.5 Å². The fourth-order valence-corrected chi connectivity index (χ4v) is 8.15. The zero-order valence-electron chi connectivity index (χ0n) is 28.4. The molecule has 2 aromatic heterocycles. The molecule has 5 amide bonds. The van der Waals surface area contributed by atoms with Crippen LogP contribution in [0.2, 0.25) is 5.02 Å². The minimum atomic E-state index is -0.572. The second-order valence-electron chi connectivity index (χ2n) is 13.2. The summed E-state index contributed by atoms with van der Waals surface area (Å²) in [6.07, 6.45) is 1.50. The Morgan fingerprint density at radius 3 is 2.52 bits per heavy atom. The Morgan fingerprint density at radius 2 is 1.80 bits per heavy atom. The number of carbonyl (C=O) groups is 4. The van der Waals surface area contributed by atoms with E-state index in [2.05, 4.69) is 34.7 Å². The molecule has 1 saturated carbocycles. The van der Waals surface area contributed by atoms with E-state index in [-0.39, 0.29) is 49.2 Å². The molecule has 0 bridgehead atoms. The van der Waals surface area contributed by atoms with Gasteiger partial charge in [0.1, 0.15) is 16.9 Å². The molecule has 0 radical (unpaired) electrons. The van der Waals surface area contributed by atoms with Gasteiger partial charge in [-0.15, -0.1) is 21.5 Å². The molecular weight excluding hydrogens is 676 g/mol. The van der Waals surface area contributed by atoms with Gasteiger partial charge in [0.25, 0.3) is 5.91 Å². The van der Waals surface area contributed by atoms with Gasteiger partial charge in [-0.2, -0.15) is 0 Å². The van der Waals surface area contributed by atoms with E-state index in [0.29, 0.717) is 34.9 Å². The van der Waals surface area contributed by atoms with E-state index in [4.69, 9.17) is 16.6 Å². The quantitative estimate of drug-likeness (QED) is 0.264. The number of thiophene rings is 1. The van der Waals surface area contributed by atoms with Crippen LogP contribution in [0.1, 0.15) is 80.9 Å². The van der Waals surface area contributed by atoms with Crippen LogP contribution in [0.5, 0.6) is 0 Å². The lowest BCUT2D eigenvalue weighted by Crippen LogP contribution is -2.54. The third-order valence-corrected chi connectivity index (χ3v) is 11.3. The Morgan fingerprint density at radius 1 is 1.06 bits per heavy atom. The number of rotatable bonds is 7. The molecule has 2 aromatic carbocycles. The molecule has 1 aliphatic carbocycles. The second kappa shape index (κ2) is 13.1. The average Bonchev–Trinajstić information content (AvgIpc) is 3.54. The van der Waals surface area contributed by atoms with Gasteiger partial charge in [0, 0.05) is 64.4 Å². The smallest absolute Gasteiger partial charge is 0.328 e. The number of imide groups is 1. The molecule has 258 valence electrons. The molecule has 2 aliphatic heterocycles. The zero-order chi connectivity index (χ0) is 35.4. The largest absolute Gasteiger partial charge is 0.353 e. The van der Waals surface area contributed by atoms with Crippen LogP contribution in [0.25, 0.3) is 5.00 Å². The van der Waals surface area contributed by atoms with Gasteiger partial charge in [-0.25, -0.2) is 4.79 Å². The minimum Gasteiger partial charge on any atom is -0.353 e. The summed E-state index contributed by atoms with van der Waals surface area (Å²) in [6.45, 7) is 8.20. The maximum absolute atomic E-state index is 13.6. The van der Waals surface area contributed by atoms with Crippen molar-refractivity contribution in [1.82, 2.24) is 30.3 Å². The molecule has 12 nitrogen and oxygen atoms in total. The number of hydrogen-bond donors (Lipinski definition) is 2. The predicted octanol–water partition coefficient (Wildman–Crippen LogP) is 5.36. The van der Waals surface area contributed by atoms with Crippen LogP contribution in [0.3, 0.4) is 0 Å². The Labute approximate surface area is 298 Å². The number of nitrogens with zero attached hydrogens (tertiary/aromatic N) is 6. The fourth-order valence-electron chi connectivity index (χ4n) is 6.81. The topological polar surface area (TPSA) is 142 Å². The van der Waals surface area contributed by atoms with Crippen molar-refractivity contribution in [1.29, 1.82) is 0 Å². The number of hydrogen-bond acceptors (Lipinski definition) is 8. The maximum atomic E-state index is 13.6. The average molecular weight is 713 g/mol. The van der Waals surface area contributed by atoms with E-state index >= 15 is 0 Å². The lowest BCUT2D eigenvalue weighted by molar-refractivity contribution is -0.123. The van der Waals surface area contributed by atoms with E-state index in [1.54, 1.807) is 35.4 Å². The molecule has 7 rings (SSSR count). The van der Waals surface area contributed by atoms with Crippen LogP contribution < -0.4 is 15.5 Å². The van der Waals surface area contributed by atoms with Crippen LogP contribution in [-0.2, 0) is 9.59 Å². The summed E-state index contributed by atoms with van der Waals surface area (Å²) in [4.78, 5) is 60.7. The number of aryl methyl sites for hydroxylation is 3. The number of anilines is 1. The molecule has 2 N–H and O–H groups in total. The molecule has 0 spiro atoms. The SMILES string of the molecule is Cc1ccc(C(=O)N(C)C2CC(NC(=O)C[C@@H]3N=C(c4ccc(Cl)cc4)c4c(sc(C)c4C)-n4c(C)nnc43)C2)cc1N1CCC(=O)NC1=O. The van der Waals surface area contributed by atoms with E-state index < -0.39 is 12.1 Å². The Hall–Kier alpha value is -4.88. The van der Waals surface area contributed by atoms with Gasteiger partial charge in [-0.1, -0.05) is 29.8 Å². The number of halogens is 1. The first-order chi connectivity index (χ1) is 23.9. The fraction of sp³-hybridized carbons (Fsp3) is 0.361. The molecule has 50 heavy (non-hydrogen) atoms. The van der Waals surface area contributed by atoms with Crippen molar-refractivity contribution in [3.05, 3.63) is 91.8 Å². The number of amides is 5. The molecule has 4 aromatic rings. The number of fused-ring (bicyclic) bond motifs is 3. The highest BCUT2D eigenvalue weighted by Crippen LogP contribution is 2.40. The lowest BCUT2D eigenvalue weighted by atomic mass is 9.85. The normalized spacial score (nSPS) is 19.8. The molecule has 4 heterocycles. The monoisotopic (exact) mass is 712 g/mol. The van der Waals surface area contributed by atoms with Gasteiger partial charge in [0.05, 0.1) is 12.1 Å². The van der Waals surface area contributed by atoms with Gasteiger partial charge in [0.2, 0.25) is 11.8 Å². The molecule has 2 fully saturated rings. The van der Waals surface area contributed by atoms with Crippen LogP contribution in [0.15, 0.2) is 47.5 Å². The van der Waals surface area contributed by atoms with E-state index in [1.807, 2.05) is 48.7 Å². The summed E-state index contributed by atoms with van der Waals surface area (Å²) in [6, 6.07) is 11.6. The van der Waals surface area contributed by atoms with Crippen LogP contribution in [-0.4, -0.2) is 74.8 Å². The zero-order valence-corrected chi connectivity index (χ0v) is 30.0. The predicted molar refractivity (Wildman–Crippen MR) is 192 cm³/mol. The summed E-state index contributed by atoms with van der Waals surface area (Å²) in [5.41, 5.74) is 5.70. The number of benzene rings is 2. The number of aromatic nitrogens is 3. The van der Waals surface area contributed by atoms with Crippen molar-refractivity contribution in [3.63, 3.8) is 0 Å². The first kappa shape index (κ1) is 33.6. The van der Waals surface area contributed by atoms with Crippen molar-refractivity contribution in [3.8, 4) is 5.00 Å². The Kier molecular flexibility index (Phi) is 8.81. The lowest BCUT2D eigenvalue weighted by Gasteiger charge is -2.41. The van der Waals surface area contributed by atoms with Gasteiger partial charge in [0.15, 0.2) is 5.82 Å². The van der Waals surface area contributed by atoms with Crippen LogP contribution >= 0.6 is 22.9 Å². The van der Waals surface area contributed by atoms with E-state index in [1.165, 1.54) is 9.78 Å². The molecule has 1 atom stereocenters. The summed E-state index contributed by atoms with van der Waals surface area (Å²) in [5, 5.41) is 16.0. The number of aliphatic imine (C=N–C) groups is 1. The standard InChI is InChI=1S/C36H37ClN8O4S/c1-18-6-7-23(14-28(18)44-13-12-29(46)40-36(44)49)34(48)43(5)26-15-25(16-26)38-30(47)17-27-33-42-41-21(4)45(33)35-31(19(2)20(3)50-35)32(39-27)22-8-10-24(37)11-9-22/h6-11,14,25-27H,12-13,15-17H2,1-5H3,(H,38,47)(H,40,46,49)/t25?,26?,27-/m0/s1. The van der Waals surface area contributed by atoms with Crippen LogP contribution in [0, 0.1) is 27.7 Å². The maximum Gasteiger partial charge on any atom is 0.328 e. The highest BCUT2D eigenvalue weighted by Gasteiger charge is 2.37. The second-order valence-corrected chi connectivity index (χ2v) is 14.8. The van der Waals surface area contributed by atoms with E-state index in [9.17, 15) is 19.2 Å². The Balaban J connectivity index is 1.04. The molecule has 3 aliphatic rings. The molecular formula is C36H37ClN8O4S. The highest BCUT2D eigenvalue weighted by molar-refractivity contribution is 7.15. The van der Waals surface area contributed by atoms with Gasteiger partial charge >= 0.3 is 6.03 Å². The third kappa shape index (κ3) is 6.09. The summed E-state index contributed by atoms with van der Waals surface area (Å²) in [5.74, 6) is 0.702. The van der Waals surface area contributed by atoms with Gasteiger partial charge in [-0.3, -0.25) is 34.2 Å². The number of urea groups is 1. The number of carbonyl (C=O) groups excluding carboxylic acids is 4. The summed E-state index contributed by atoms with van der Waals surface area (Å²) < 4.78 is 2.03. The van der Waals surface area contributed by atoms with Crippen molar-refractivity contribution in [2.75, 3.05) is 18.5 Å². The van der Waals surface area contributed by atoms with Crippen molar-refractivity contribution in [2.24, 2.45) is 4.99 Å². The molecule has 14 heteroatoms. The van der Waals surface area contributed by atoms with Gasteiger partial charge in [-0.05, 0) is 75.9 Å². The summed E-state index contributed by atoms with van der Waals surface area (Å²) in [7, 11) is 1.76. The Bertz CT molecular complexity index is 2080. The first-order valence-corrected chi connectivity index (χ1v) is 17.7. The molecule has 0 unspecified atom stereocenters. The minimum absolute atomic E-state index is 0.0613. The number of nitrogens with one attached hydrogen (secondary N) is 2. The third-order valence-electron chi connectivity index (χ3n) is 9.88. The molecule has 1 saturated heterocycles. The summed E-state index contributed by atoms with van der Waals surface area (Å²) >= 11 is 7.89. The van der Waals surface area contributed by atoms with E-state index in [0.717, 1.165) is 38.8 Å². The van der Waals surface area contributed by atoms with Crippen molar-refractivity contribution >= 4 is 58.1 Å². The van der Waals surface area contributed by atoms with Crippen molar-refractivity contribution < 1.29 is 19.2 Å². The van der Waals surface area contributed by atoms with Gasteiger partial charge < -0.3 is 10.2 Å². The van der Waals surface area contributed by atoms with Crippen molar-refractivity contribution in [2.45, 2.75) is 71.5 Å².